The van der Waals surface area contributed by atoms with E-state index in [1.807, 2.05) is 11.7 Å². The van der Waals surface area contributed by atoms with Crippen LogP contribution < -0.4 is 5.32 Å². The van der Waals surface area contributed by atoms with Crippen LogP contribution in [0.5, 0.6) is 0 Å². The molecule has 1 aromatic rings. The Morgan fingerprint density at radius 3 is 2.94 bits per heavy atom. The van der Waals surface area contributed by atoms with Crippen molar-refractivity contribution in [3.8, 4) is 0 Å². The Bertz CT molecular complexity index is 341. The molecule has 8 heteroatoms. The molecule has 1 fully saturated rings. The number of tetrazole rings is 1. The van der Waals surface area contributed by atoms with Crippen LogP contribution in [0.3, 0.4) is 0 Å². The molecule has 0 aromatic carbocycles. The van der Waals surface area contributed by atoms with Gasteiger partial charge in [0.2, 0.25) is 5.16 Å². The Labute approximate surface area is 111 Å². The number of ether oxygens (including phenoxy) is 1. The number of aromatic nitrogens is 4. The molecule has 2 rings (SSSR count). The van der Waals surface area contributed by atoms with Crippen molar-refractivity contribution in [1.82, 2.24) is 30.4 Å². The molecule has 1 N–H and O–H groups in total. The summed E-state index contributed by atoms with van der Waals surface area (Å²) in [7, 11) is 1.93. The lowest BCUT2D eigenvalue weighted by Crippen LogP contribution is -2.37. The van der Waals surface area contributed by atoms with E-state index in [1.54, 1.807) is 11.8 Å². The summed E-state index contributed by atoms with van der Waals surface area (Å²) in [5.41, 5.74) is 0. The van der Waals surface area contributed by atoms with Crippen molar-refractivity contribution in [3.05, 3.63) is 0 Å². The Kier molecular flexibility index (Phi) is 5.85. The van der Waals surface area contributed by atoms with Crippen molar-refractivity contribution in [2.75, 3.05) is 52.2 Å². The lowest BCUT2D eigenvalue weighted by atomic mass is 10.4. The summed E-state index contributed by atoms with van der Waals surface area (Å²) < 4.78 is 7.17. The van der Waals surface area contributed by atoms with Crippen LogP contribution in [0.4, 0.5) is 0 Å². The van der Waals surface area contributed by atoms with Crippen molar-refractivity contribution in [3.63, 3.8) is 0 Å². The molecule has 102 valence electrons. The molecule has 1 aliphatic heterocycles. The summed E-state index contributed by atoms with van der Waals surface area (Å²) in [5, 5.41) is 15.7. The van der Waals surface area contributed by atoms with Gasteiger partial charge in [-0.3, -0.25) is 4.90 Å². The molecule has 18 heavy (non-hydrogen) atoms. The van der Waals surface area contributed by atoms with Gasteiger partial charge in [0, 0.05) is 31.9 Å². The lowest BCUT2D eigenvalue weighted by Gasteiger charge is -2.26. The van der Waals surface area contributed by atoms with E-state index < -0.39 is 0 Å². The minimum Gasteiger partial charge on any atom is -0.379 e. The van der Waals surface area contributed by atoms with Crippen LogP contribution in [0.15, 0.2) is 5.16 Å². The largest absolute Gasteiger partial charge is 0.379 e. The number of morpholine rings is 1. The maximum absolute atomic E-state index is 5.32. The molecule has 0 aliphatic carbocycles. The molecule has 1 aromatic heterocycles. The molecule has 0 spiro atoms. The van der Waals surface area contributed by atoms with E-state index in [9.17, 15) is 0 Å². The molecule has 1 saturated heterocycles. The second kappa shape index (κ2) is 7.67. The van der Waals surface area contributed by atoms with Crippen LogP contribution in [0.1, 0.15) is 0 Å². The third-order valence-corrected chi connectivity index (χ3v) is 3.75. The summed E-state index contributed by atoms with van der Waals surface area (Å²) in [6, 6.07) is 0. The zero-order valence-corrected chi connectivity index (χ0v) is 11.5. The highest BCUT2D eigenvalue weighted by Gasteiger charge is 2.11. The van der Waals surface area contributed by atoms with E-state index in [0.717, 1.165) is 56.8 Å². The van der Waals surface area contributed by atoms with Gasteiger partial charge in [0.1, 0.15) is 0 Å². The van der Waals surface area contributed by atoms with Crippen molar-refractivity contribution in [1.29, 1.82) is 0 Å². The first-order valence-electron chi connectivity index (χ1n) is 6.24. The normalized spacial score (nSPS) is 17.2. The number of rotatable bonds is 7. The molecule has 7 nitrogen and oxygen atoms in total. The second-order valence-electron chi connectivity index (χ2n) is 4.09. The predicted molar refractivity (Wildman–Crippen MR) is 69.7 cm³/mol. The summed E-state index contributed by atoms with van der Waals surface area (Å²) in [5.74, 6) is 1.01. The Hall–Kier alpha value is -0.700. The molecular formula is C10H20N6OS. The van der Waals surface area contributed by atoms with Gasteiger partial charge in [-0.25, -0.2) is 4.68 Å². The molecule has 2 heterocycles. The maximum atomic E-state index is 5.32. The average molecular weight is 272 g/mol. The predicted octanol–water partition coefficient (Wildman–Crippen LogP) is -0.683. The van der Waals surface area contributed by atoms with Crippen LogP contribution in [-0.2, 0) is 11.3 Å². The molecule has 0 bridgehead atoms. The lowest BCUT2D eigenvalue weighted by molar-refractivity contribution is 0.0410. The average Bonchev–Trinajstić information content (AvgIpc) is 2.85. The monoisotopic (exact) mass is 272 g/mol. The van der Waals surface area contributed by atoms with Crippen molar-refractivity contribution >= 4 is 11.8 Å². The molecule has 0 atom stereocenters. The van der Waals surface area contributed by atoms with Crippen LogP contribution in [0, 0.1) is 0 Å². The van der Waals surface area contributed by atoms with Gasteiger partial charge >= 0.3 is 0 Å². The molecule has 1 aliphatic rings. The molecular weight excluding hydrogens is 252 g/mol. The fraction of sp³-hybridized carbons (Fsp3) is 0.900. The fourth-order valence-electron chi connectivity index (χ4n) is 1.75. The van der Waals surface area contributed by atoms with Crippen molar-refractivity contribution in [2.45, 2.75) is 11.7 Å². The van der Waals surface area contributed by atoms with Gasteiger partial charge in [0.05, 0.1) is 19.8 Å². The van der Waals surface area contributed by atoms with Crippen molar-refractivity contribution < 1.29 is 4.74 Å². The Morgan fingerprint density at radius 2 is 2.17 bits per heavy atom. The van der Waals surface area contributed by atoms with Crippen LogP contribution >= 0.6 is 11.8 Å². The zero-order chi connectivity index (χ0) is 12.6. The SMILES string of the molecule is CNCCn1nnnc1SCCN1CCOCC1. The number of thioether (sulfide) groups is 1. The van der Waals surface area contributed by atoms with Gasteiger partial charge in [0.15, 0.2) is 0 Å². The first-order valence-corrected chi connectivity index (χ1v) is 7.22. The summed E-state index contributed by atoms with van der Waals surface area (Å²) in [6.07, 6.45) is 0. The van der Waals surface area contributed by atoms with Gasteiger partial charge in [0.25, 0.3) is 0 Å². The van der Waals surface area contributed by atoms with E-state index >= 15 is 0 Å². The number of nitrogens with one attached hydrogen (secondary N) is 1. The molecule has 0 unspecified atom stereocenters. The summed E-state index contributed by atoms with van der Waals surface area (Å²) in [4.78, 5) is 2.41. The van der Waals surface area contributed by atoms with Gasteiger partial charge in [-0.2, -0.15) is 0 Å². The highest BCUT2D eigenvalue weighted by Crippen LogP contribution is 2.13. The Balaban J connectivity index is 1.70. The quantitative estimate of drug-likeness (QED) is 0.659. The van der Waals surface area contributed by atoms with Crippen LogP contribution in [0.25, 0.3) is 0 Å². The highest BCUT2D eigenvalue weighted by molar-refractivity contribution is 7.99. The van der Waals surface area contributed by atoms with Crippen LogP contribution in [-0.4, -0.2) is 77.3 Å². The van der Waals surface area contributed by atoms with Crippen molar-refractivity contribution in [2.24, 2.45) is 0 Å². The fourth-order valence-corrected chi connectivity index (χ4v) is 2.65. The third-order valence-electron chi connectivity index (χ3n) is 2.82. The van der Waals surface area contributed by atoms with Gasteiger partial charge in [-0.15, -0.1) is 5.10 Å². The standard InChI is InChI=1S/C10H20N6OS/c1-11-2-3-16-10(12-13-14-16)18-9-6-15-4-7-17-8-5-15/h11H,2-9H2,1H3. The smallest absolute Gasteiger partial charge is 0.209 e. The number of hydrogen-bond acceptors (Lipinski definition) is 7. The van der Waals surface area contributed by atoms with E-state index in [2.05, 4.69) is 25.7 Å². The maximum Gasteiger partial charge on any atom is 0.209 e. The molecule has 0 saturated carbocycles. The zero-order valence-electron chi connectivity index (χ0n) is 10.7. The minimum atomic E-state index is 0.809. The first-order chi connectivity index (χ1) is 8.90. The second-order valence-corrected chi connectivity index (χ2v) is 5.15. The van der Waals surface area contributed by atoms with Gasteiger partial charge in [-0.1, -0.05) is 11.8 Å². The summed E-state index contributed by atoms with van der Waals surface area (Å²) >= 11 is 1.71. The van der Waals surface area contributed by atoms with Gasteiger partial charge in [-0.05, 0) is 17.5 Å². The van der Waals surface area contributed by atoms with E-state index in [0.29, 0.717) is 0 Å². The van der Waals surface area contributed by atoms with E-state index in [1.165, 1.54) is 0 Å². The number of hydrogen-bond donors (Lipinski definition) is 1. The third kappa shape index (κ3) is 4.20. The van der Waals surface area contributed by atoms with E-state index in [4.69, 9.17) is 4.74 Å². The highest BCUT2D eigenvalue weighted by atomic mass is 32.2. The molecule has 0 radical (unpaired) electrons. The topological polar surface area (TPSA) is 68.1 Å². The van der Waals surface area contributed by atoms with Crippen LogP contribution in [0.2, 0.25) is 0 Å². The number of likely N-dealkylation sites (N-methyl/N-ethyl adjacent to an activating group) is 1. The number of nitrogens with zero attached hydrogens (tertiary/aromatic N) is 5. The first kappa shape index (κ1) is 13.7. The van der Waals surface area contributed by atoms with E-state index in [-0.39, 0.29) is 0 Å². The minimum absolute atomic E-state index is 0.809. The van der Waals surface area contributed by atoms with Gasteiger partial charge < -0.3 is 10.1 Å². The Morgan fingerprint density at radius 1 is 1.33 bits per heavy atom. The summed E-state index contributed by atoms with van der Waals surface area (Å²) in [6.45, 7) is 6.52. The molecule has 0 amide bonds.